The molecule has 2 aromatic rings. The number of aryl methyl sites for hydroxylation is 1. The van der Waals surface area contributed by atoms with Crippen LogP contribution in [0.4, 0.5) is 0 Å². The third kappa shape index (κ3) is 1.88. The van der Waals surface area contributed by atoms with Gasteiger partial charge in [-0.1, -0.05) is 54.1 Å². The van der Waals surface area contributed by atoms with Crippen LogP contribution in [0.5, 0.6) is 0 Å². The van der Waals surface area contributed by atoms with Crippen molar-refractivity contribution < 1.29 is 0 Å². The first-order valence-corrected chi connectivity index (χ1v) is 6.00. The van der Waals surface area contributed by atoms with Crippen molar-refractivity contribution >= 4 is 0 Å². The quantitative estimate of drug-likeness (QED) is 0.679. The summed E-state index contributed by atoms with van der Waals surface area (Å²) < 4.78 is 0. The van der Waals surface area contributed by atoms with Gasteiger partial charge in [0.05, 0.1) is 0 Å². The van der Waals surface area contributed by atoms with Gasteiger partial charge in [0.15, 0.2) is 0 Å². The summed E-state index contributed by atoms with van der Waals surface area (Å²) in [5, 5.41) is 0. The Hall–Kier alpha value is -1.56. The van der Waals surface area contributed by atoms with Crippen molar-refractivity contribution in [2.75, 3.05) is 0 Å². The molecular weight excluding hydrogens is 192 g/mol. The van der Waals surface area contributed by atoms with Crippen LogP contribution >= 0.6 is 0 Å². The first-order chi connectivity index (χ1) is 7.83. The molecule has 0 spiro atoms. The molecule has 0 saturated heterocycles. The smallest absolute Gasteiger partial charge is 0.0162 e. The van der Waals surface area contributed by atoms with Gasteiger partial charge in [-0.15, -0.1) is 0 Å². The Labute approximate surface area is 96.9 Å². The molecule has 0 nitrogen and oxygen atoms in total. The Bertz CT molecular complexity index is 490. The molecule has 0 radical (unpaired) electrons. The second-order valence-corrected chi connectivity index (χ2v) is 4.77. The summed E-state index contributed by atoms with van der Waals surface area (Å²) in [6, 6.07) is 17.8. The van der Waals surface area contributed by atoms with E-state index >= 15 is 0 Å². The summed E-state index contributed by atoms with van der Waals surface area (Å²) in [6.07, 6.45) is 2.76. The number of benzene rings is 2. The van der Waals surface area contributed by atoms with E-state index in [9.17, 15) is 0 Å². The summed E-state index contributed by atoms with van der Waals surface area (Å²) in [4.78, 5) is 0. The summed E-state index contributed by atoms with van der Waals surface area (Å²) in [5.74, 6) is 0.853. The molecule has 1 saturated carbocycles. The molecule has 0 heteroatoms. The Morgan fingerprint density at radius 3 is 2.25 bits per heavy atom. The van der Waals surface area contributed by atoms with Gasteiger partial charge in [-0.25, -0.2) is 0 Å². The lowest BCUT2D eigenvalue weighted by molar-refractivity contribution is 1.13. The van der Waals surface area contributed by atoms with Crippen LogP contribution in [0.3, 0.4) is 0 Å². The minimum atomic E-state index is 0.853. The third-order valence-corrected chi connectivity index (χ3v) is 3.31. The number of hydrogen-bond acceptors (Lipinski definition) is 0. The van der Waals surface area contributed by atoms with Crippen molar-refractivity contribution in [3.63, 3.8) is 0 Å². The molecule has 0 heterocycles. The molecule has 3 rings (SSSR count). The molecule has 0 N–H and O–H groups in total. The molecular formula is C16H16. The molecule has 1 aliphatic rings. The second kappa shape index (κ2) is 3.79. The highest BCUT2D eigenvalue weighted by atomic mass is 14.3. The zero-order valence-corrected chi connectivity index (χ0v) is 9.61. The summed E-state index contributed by atoms with van der Waals surface area (Å²) in [6.45, 7) is 2.14. The van der Waals surface area contributed by atoms with Crippen LogP contribution in [0.2, 0.25) is 0 Å². The average molecular weight is 208 g/mol. The highest BCUT2D eigenvalue weighted by molar-refractivity contribution is 5.64. The largest absolute Gasteiger partial charge is 0.0614 e. The van der Waals surface area contributed by atoms with Crippen molar-refractivity contribution in [1.29, 1.82) is 0 Å². The molecule has 0 aromatic heterocycles. The first kappa shape index (κ1) is 9.65. The maximum Gasteiger partial charge on any atom is -0.0162 e. The van der Waals surface area contributed by atoms with Gasteiger partial charge in [-0.3, -0.25) is 0 Å². The van der Waals surface area contributed by atoms with E-state index in [0.717, 1.165) is 5.92 Å². The van der Waals surface area contributed by atoms with Crippen LogP contribution in [0.1, 0.15) is 29.9 Å². The Morgan fingerprint density at radius 2 is 1.62 bits per heavy atom. The van der Waals surface area contributed by atoms with E-state index in [-0.39, 0.29) is 0 Å². The van der Waals surface area contributed by atoms with Gasteiger partial charge in [0.1, 0.15) is 0 Å². The van der Waals surface area contributed by atoms with Crippen LogP contribution in [-0.4, -0.2) is 0 Å². The van der Waals surface area contributed by atoms with Crippen LogP contribution in [0.25, 0.3) is 11.1 Å². The maximum absolute atomic E-state index is 2.29. The molecule has 0 atom stereocenters. The van der Waals surface area contributed by atoms with Gasteiger partial charge < -0.3 is 0 Å². The fourth-order valence-electron chi connectivity index (χ4n) is 2.19. The number of rotatable bonds is 2. The van der Waals surface area contributed by atoms with Gasteiger partial charge in [0.25, 0.3) is 0 Å². The summed E-state index contributed by atoms with van der Waals surface area (Å²) in [5.41, 5.74) is 5.48. The SMILES string of the molecule is Cc1cccc(-c2ccc(C3CC3)cc2)c1. The fraction of sp³-hybridized carbons (Fsp3) is 0.250. The van der Waals surface area contributed by atoms with Crippen LogP contribution < -0.4 is 0 Å². The lowest BCUT2D eigenvalue weighted by Crippen LogP contribution is -1.82. The molecule has 0 bridgehead atoms. The van der Waals surface area contributed by atoms with Gasteiger partial charge in [0.2, 0.25) is 0 Å². The van der Waals surface area contributed by atoms with Crippen molar-refractivity contribution in [3.05, 3.63) is 59.7 Å². The van der Waals surface area contributed by atoms with Gasteiger partial charge in [-0.2, -0.15) is 0 Å². The van der Waals surface area contributed by atoms with E-state index in [2.05, 4.69) is 55.5 Å². The van der Waals surface area contributed by atoms with Crippen LogP contribution in [0.15, 0.2) is 48.5 Å². The zero-order valence-electron chi connectivity index (χ0n) is 9.61. The maximum atomic E-state index is 2.29. The standard InChI is InChI=1S/C16H16/c1-12-3-2-4-16(11-12)15-9-7-14(8-10-15)13-5-6-13/h2-4,7-11,13H,5-6H2,1H3. The molecule has 1 aliphatic carbocycles. The Balaban J connectivity index is 1.94. The van der Waals surface area contributed by atoms with E-state index in [4.69, 9.17) is 0 Å². The molecule has 2 aromatic carbocycles. The molecule has 0 aliphatic heterocycles. The monoisotopic (exact) mass is 208 g/mol. The van der Waals surface area contributed by atoms with E-state index in [1.807, 2.05) is 0 Å². The normalized spacial score (nSPS) is 15.1. The highest BCUT2D eigenvalue weighted by Crippen LogP contribution is 2.40. The van der Waals surface area contributed by atoms with E-state index in [1.165, 1.54) is 35.1 Å². The van der Waals surface area contributed by atoms with Crippen LogP contribution in [0, 0.1) is 6.92 Å². The predicted octanol–water partition coefficient (Wildman–Crippen LogP) is 4.54. The minimum Gasteiger partial charge on any atom is -0.0614 e. The van der Waals surface area contributed by atoms with Gasteiger partial charge in [0, 0.05) is 0 Å². The molecule has 1 fully saturated rings. The summed E-state index contributed by atoms with van der Waals surface area (Å²) >= 11 is 0. The Kier molecular flexibility index (Phi) is 2.28. The molecule has 16 heavy (non-hydrogen) atoms. The van der Waals surface area contributed by atoms with E-state index in [1.54, 1.807) is 0 Å². The highest BCUT2D eigenvalue weighted by Gasteiger charge is 2.22. The third-order valence-electron chi connectivity index (χ3n) is 3.31. The average Bonchev–Trinajstić information content (AvgIpc) is 3.13. The van der Waals surface area contributed by atoms with Crippen molar-refractivity contribution in [2.45, 2.75) is 25.7 Å². The van der Waals surface area contributed by atoms with Crippen molar-refractivity contribution in [1.82, 2.24) is 0 Å². The molecule has 80 valence electrons. The fourth-order valence-corrected chi connectivity index (χ4v) is 2.19. The molecule has 0 amide bonds. The van der Waals surface area contributed by atoms with Crippen molar-refractivity contribution in [3.8, 4) is 11.1 Å². The van der Waals surface area contributed by atoms with E-state index in [0.29, 0.717) is 0 Å². The Morgan fingerprint density at radius 1 is 0.875 bits per heavy atom. The van der Waals surface area contributed by atoms with Gasteiger partial charge in [-0.05, 0) is 42.4 Å². The minimum absolute atomic E-state index is 0.853. The van der Waals surface area contributed by atoms with E-state index < -0.39 is 0 Å². The lowest BCUT2D eigenvalue weighted by Gasteiger charge is -2.04. The number of hydrogen-bond donors (Lipinski definition) is 0. The topological polar surface area (TPSA) is 0 Å². The zero-order chi connectivity index (χ0) is 11.0. The molecule has 0 unspecified atom stereocenters. The van der Waals surface area contributed by atoms with Crippen LogP contribution in [-0.2, 0) is 0 Å². The summed E-state index contributed by atoms with van der Waals surface area (Å²) in [7, 11) is 0. The predicted molar refractivity (Wildman–Crippen MR) is 68.6 cm³/mol. The second-order valence-electron chi connectivity index (χ2n) is 4.77. The van der Waals surface area contributed by atoms with Crippen molar-refractivity contribution in [2.24, 2.45) is 0 Å². The van der Waals surface area contributed by atoms with Gasteiger partial charge >= 0.3 is 0 Å². The lowest BCUT2D eigenvalue weighted by atomic mass is 10.0. The first-order valence-electron chi connectivity index (χ1n) is 6.00.